The predicted molar refractivity (Wildman–Crippen MR) is 61.1 cm³/mol. The zero-order valence-electron chi connectivity index (χ0n) is 10.0. The van der Waals surface area contributed by atoms with E-state index in [-0.39, 0.29) is 11.8 Å². The fourth-order valence-corrected chi connectivity index (χ4v) is 1.95. The molecule has 1 aromatic rings. The van der Waals surface area contributed by atoms with E-state index < -0.39 is 0 Å². The molecule has 0 amide bonds. The van der Waals surface area contributed by atoms with Gasteiger partial charge < -0.3 is 9.78 Å². The molecule has 0 unspecified atom stereocenters. The van der Waals surface area contributed by atoms with Gasteiger partial charge in [0.05, 0.1) is 0 Å². The van der Waals surface area contributed by atoms with E-state index in [1.807, 2.05) is 27.7 Å². The highest BCUT2D eigenvalue weighted by atomic mass is 17.1. The quantitative estimate of drug-likeness (QED) is 0.608. The first-order valence-electron chi connectivity index (χ1n) is 5.32. The SMILES string of the molecule is CC(C)c1c(OO)ccc(OO)c1C(C)C. The topological polar surface area (TPSA) is 58.9 Å². The van der Waals surface area contributed by atoms with Crippen molar-refractivity contribution in [2.75, 3.05) is 0 Å². The number of rotatable bonds is 4. The third-order valence-electron chi connectivity index (χ3n) is 2.56. The van der Waals surface area contributed by atoms with Gasteiger partial charge in [-0.05, 0) is 24.0 Å². The Kier molecular flexibility index (Phi) is 4.15. The fourth-order valence-electron chi connectivity index (χ4n) is 1.95. The second-order valence-electron chi connectivity index (χ2n) is 4.38. The van der Waals surface area contributed by atoms with Gasteiger partial charge in [0.25, 0.3) is 0 Å². The molecule has 0 atom stereocenters. The summed E-state index contributed by atoms with van der Waals surface area (Å²) in [4.78, 5) is 8.72. The minimum absolute atomic E-state index is 0.162. The molecule has 2 N–H and O–H groups in total. The van der Waals surface area contributed by atoms with E-state index in [4.69, 9.17) is 10.5 Å². The Bertz CT molecular complexity index is 323. The second-order valence-corrected chi connectivity index (χ2v) is 4.38. The Morgan fingerprint density at radius 1 is 0.812 bits per heavy atom. The Labute approximate surface area is 95.3 Å². The van der Waals surface area contributed by atoms with Gasteiger partial charge in [-0.15, -0.1) is 0 Å². The van der Waals surface area contributed by atoms with Crippen LogP contribution in [0.5, 0.6) is 11.5 Å². The van der Waals surface area contributed by atoms with Crippen molar-refractivity contribution in [2.24, 2.45) is 0 Å². The molecule has 0 bridgehead atoms. The predicted octanol–water partition coefficient (Wildman–Crippen LogP) is 3.64. The Morgan fingerprint density at radius 2 is 1.12 bits per heavy atom. The Hall–Kier alpha value is -1.26. The third kappa shape index (κ3) is 2.28. The third-order valence-corrected chi connectivity index (χ3v) is 2.56. The summed E-state index contributed by atoms with van der Waals surface area (Å²) < 4.78 is 0. The van der Waals surface area contributed by atoms with Gasteiger partial charge in [0.15, 0.2) is 11.5 Å². The van der Waals surface area contributed by atoms with Crippen molar-refractivity contribution in [3.8, 4) is 11.5 Å². The molecule has 4 heteroatoms. The summed E-state index contributed by atoms with van der Waals surface area (Å²) in [6.45, 7) is 7.96. The highest BCUT2D eigenvalue weighted by molar-refractivity contribution is 5.51. The molecule has 0 spiro atoms. The van der Waals surface area contributed by atoms with Crippen LogP contribution in [0.1, 0.15) is 50.7 Å². The van der Waals surface area contributed by atoms with Crippen molar-refractivity contribution in [1.29, 1.82) is 0 Å². The normalized spacial score (nSPS) is 11.0. The van der Waals surface area contributed by atoms with Gasteiger partial charge in [-0.2, -0.15) is 0 Å². The first-order chi connectivity index (χ1) is 7.52. The zero-order valence-corrected chi connectivity index (χ0v) is 10.0. The molecule has 0 aliphatic rings. The molecule has 0 aliphatic carbocycles. The van der Waals surface area contributed by atoms with Crippen LogP contribution in [0.4, 0.5) is 0 Å². The van der Waals surface area contributed by atoms with Gasteiger partial charge in [-0.25, -0.2) is 10.5 Å². The summed E-state index contributed by atoms with van der Waals surface area (Å²) >= 11 is 0. The van der Waals surface area contributed by atoms with Gasteiger partial charge >= 0.3 is 0 Å². The molecule has 0 heterocycles. The second kappa shape index (κ2) is 5.18. The molecule has 0 aromatic heterocycles. The lowest BCUT2D eigenvalue weighted by Gasteiger charge is -2.20. The first-order valence-corrected chi connectivity index (χ1v) is 5.32. The zero-order chi connectivity index (χ0) is 12.3. The molecule has 0 fully saturated rings. The van der Waals surface area contributed by atoms with Crippen LogP contribution in [0.15, 0.2) is 12.1 Å². The number of hydrogen-bond donors (Lipinski definition) is 2. The van der Waals surface area contributed by atoms with E-state index in [1.54, 1.807) is 12.1 Å². The van der Waals surface area contributed by atoms with Crippen molar-refractivity contribution in [3.63, 3.8) is 0 Å². The van der Waals surface area contributed by atoms with Gasteiger partial charge in [-0.1, -0.05) is 27.7 Å². The van der Waals surface area contributed by atoms with Crippen molar-refractivity contribution < 1.29 is 20.3 Å². The van der Waals surface area contributed by atoms with Gasteiger partial charge in [0.1, 0.15) is 0 Å². The van der Waals surface area contributed by atoms with E-state index in [0.29, 0.717) is 11.5 Å². The summed E-state index contributed by atoms with van der Waals surface area (Å²) in [7, 11) is 0. The molecule has 1 rings (SSSR count). The van der Waals surface area contributed by atoms with Crippen molar-refractivity contribution in [2.45, 2.75) is 39.5 Å². The van der Waals surface area contributed by atoms with Crippen molar-refractivity contribution >= 4 is 0 Å². The molecule has 0 saturated heterocycles. The molecule has 90 valence electrons. The fraction of sp³-hybridized carbons (Fsp3) is 0.500. The number of hydrogen-bond acceptors (Lipinski definition) is 4. The highest BCUT2D eigenvalue weighted by Crippen LogP contribution is 2.39. The van der Waals surface area contributed by atoms with E-state index in [0.717, 1.165) is 11.1 Å². The maximum Gasteiger partial charge on any atom is 0.169 e. The minimum atomic E-state index is 0.162. The summed E-state index contributed by atoms with van der Waals surface area (Å²) in [5.74, 6) is 1.13. The van der Waals surface area contributed by atoms with Crippen molar-refractivity contribution in [3.05, 3.63) is 23.3 Å². The summed E-state index contributed by atoms with van der Waals surface area (Å²) in [5.41, 5.74) is 1.70. The Morgan fingerprint density at radius 3 is 1.31 bits per heavy atom. The van der Waals surface area contributed by atoms with Crippen LogP contribution in [0.2, 0.25) is 0 Å². The molecular formula is C12H18O4. The summed E-state index contributed by atoms with van der Waals surface area (Å²) in [6.07, 6.45) is 0. The van der Waals surface area contributed by atoms with E-state index >= 15 is 0 Å². The molecule has 16 heavy (non-hydrogen) atoms. The average Bonchev–Trinajstić information content (AvgIpc) is 2.26. The van der Waals surface area contributed by atoms with E-state index in [9.17, 15) is 0 Å². The van der Waals surface area contributed by atoms with Crippen LogP contribution in [0, 0.1) is 0 Å². The van der Waals surface area contributed by atoms with Crippen molar-refractivity contribution in [1.82, 2.24) is 0 Å². The van der Waals surface area contributed by atoms with Crippen LogP contribution in [-0.4, -0.2) is 10.5 Å². The largest absolute Gasteiger partial charge is 0.340 e. The molecule has 1 aromatic carbocycles. The van der Waals surface area contributed by atoms with E-state index in [1.165, 1.54) is 0 Å². The van der Waals surface area contributed by atoms with Gasteiger partial charge in [0, 0.05) is 11.1 Å². The molecular weight excluding hydrogens is 208 g/mol. The highest BCUT2D eigenvalue weighted by Gasteiger charge is 2.21. The van der Waals surface area contributed by atoms with Crippen LogP contribution >= 0.6 is 0 Å². The molecule has 0 aliphatic heterocycles. The molecule has 4 nitrogen and oxygen atoms in total. The van der Waals surface area contributed by atoms with E-state index in [2.05, 4.69) is 9.78 Å². The molecule has 0 saturated carbocycles. The van der Waals surface area contributed by atoms with Crippen LogP contribution in [0.25, 0.3) is 0 Å². The maximum absolute atomic E-state index is 8.83. The average molecular weight is 226 g/mol. The smallest absolute Gasteiger partial charge is 0.169 e. The van der Waals surface area contributed by atoms with Crippen LogP contribution in [-0.2, 0) is 0 Å². The lowest BCUT2D eigenvalue weighted by atomic mass is 9.89. The first kappa shape index (κ1) is 12.8. The maximum atomic E-state index is 8.83. The lowest BCUT2D eigenvalue weighted by molar-refractivity contribution is -0.142. The Balaban J connectivity index is 3.47. The van der Waals surface area contributed by atoms with Crippen LogP contribution < -0.4 is 9.78 Å². The monoisotopic (exact) mass is 226 g/mol. The van der Waals surface area contributed by atoms with Gasteiger partial charge in [0.2, 0.25) is 0 Å². The summed E-state index contributed by atoms with van der Waals surface area (Å²) in [6, 6.07) is 3.15. The standard InChI is InChI=1S/C12H18O4/c1-7(2)11-9(15-13)5-6-10(16-14)12(11)8(3)4/h5-8,13-14H,1-4H3. The number of benzene rings is 1. The van der Waals surface area contributed by atoms with Crippen LogP contribution in [0.3, 0.4) is 0 Å². The molecule has 0 radical (unpaired) electrons. The van der Waals surface area contributed by atoms with Gasteiger partial charge in [-0.3, -0.25) is 0 Å². The minimum Gasteiger partial charge on any atom is -0.340 e. The summed E-state index contributed by atoms with van der Waals surface area (Å²) in [5, 5.41) is 17.7. The lowest BCUT2D eigenvalue weighted by Crippen LogP contribution is -2.05.